The van der Waals surface area contributed by atoms with Crippen LogP contribution in [0.1, 0.15) is 54.2 Å². The highest BCUT2D eigenvalue weighted by Crippen LogP contribution is 2.34. The van der Waals surface area contributed by atoms with Gasteiger partial charge in [-0.2, -0.15) is 0 Å². The third-order valence-electron chi connectivity index (χ3n) is 4.30. The molecule has 0 radical (unpaired) electrons. The predicted octanol–water partition coefficient (Wildman–Crippen LogP) is 2.77. The van der Waals surface area contributed by atoms with Crippen LogP contribution in [0.2, 0.25) is 0 Å². The average molecular weight is 279 g/mol. The summed E-state index contributed by atoms with van der Waals surface area (Å²) >= 11 is 2.00. The molecular weight excluding hydrogens is 254 g/mol. The van der Waals surface area contributed by atoms with Crippen molar-refractivity contribution in [3.63, 3.8) is 0 Å². The molecule has 1 N–H and O–H groups in total. The van der Waals surface area contributed by atoms with Crippen molar-refractivity contribution in [2.45, 2.75) is 51.5 Å². The Morgan fingerprint density at radius 2 is 2.05 bits per heavy atom. The van der Waals surface area contributed by atoms with E-state index in [1.54, 1.807) is 4.88 Å². The molecule has 3 rings (SSSR count). The third-order valence-corrected chi connectivity index (χ3v) is 5.56. The van der Waals surface area contributed by atoms with E-state index < -0.39 is 0 Å². The number of fused-ring (bicyclic) bond motifs is 1. The van der Waals surface area contributed by atoms with Crippen molar-refractivity contribution in [1.29, 1.82) is 0 Å². The van der Waals surface area contributed by atoms with E-state index in [2.05, 4.69) is 17.1 Å². The van der Waals surface area contributed by atoms with Gasteiger partial charge in [-0.05, 0) is 32.1 Å². The lowest BCUT2D eigenvalue weighted by Gasteiger charge is -2.33. The second-order valence-electron chi connectivity index (χ2n) is 5.72. The number of nitrogens with zero attached hydrogens (tertiary/aromatic N) is 2. The van der Waals surface area contributed by atoms with Crippen LogP contribution in [0.3, 0.4) is 0 Å². The van der Waals surface area contributed by atoms with Crippen LogP contribution in [0.25, 0.3) is 0 Å². The molecule has 1 fully saturated rings. The number of thiazole rings is 1. The molecule has 1 aliphatic carbocycles. The number of aromatic nitrogens is 1. The Bertz CT molecular complexity index is 386. The minimum Gasteiger partial charge on any atom is -0.314 e. The van der Waals surface area contributed by atoms with Crippen molar-refractivity contribution in [2.75, 3.05) is 26.2 Å². The first-order valence-electron chi connectivity index (χ1n) is 7.81. The molecule has 2 aliphatic rings. The molecule has 1 aromatic heterocycles. The third kappa shape index (κ3) is 3.01. The SMILES string of the molecule is CCCC(c1nc2c(s1)CCCC2)N1CCNCC1. The van der Waals surface area contributed by atoms with Crippen LogP contribution in [-0.2, 0) is 12.8 Å². The molecule has 0 saturated carbocycles. The zero-order valence-electron chi connectivity index (χ0n) is 12.0. The van der Waals surface area contributed by atoms with Crippen molar-refractivity contribution in [2.24, 2.45) is 0 Å². The lowest BCUT2D eigenvalue weighted by Crippen LogP contribution is -2.45. The highest BCUT2D eigenvalue weighted by Gasteiger charge is 2.26. The molecule has 1 atom stereocenters. The van der Waals surface area contributed by atoms with Gasteiger partial charge in [0.1, 0.15) is 5.01 Å². The Kier molecular flexibility index (Phi) is 4.51. The first kappa shape index (κ1) is 13.5. The number of hydrogen-bond acceptors (Lipinski definition) is 4. The monoisotopic (exact) mass is 279 g/mol. The molecule has 1 saturated heterocycles. The summed E-state index contributed by atoms with van der Waals surface area (Å²) in [6.45, 7) is 6.91. The Balaban J connectivity index is 1.80. The first-order chi connectivity index (χ1) is 9.38. The maximum absolute atomic E-state index is 5.00. The maximum Gasteiger partial charge on any atom is 0.110 e. The van der Waals surface area contributed by atoms with E-state index in [0.29, 0.717) is 6.04 Å². The van der Waals surface area contributed by atoms with Gasteiger partial charge in [0.05, 0.1) is 11.7 Å². The summed E-state index contributed by atoms with van der Waals surface area (Å²) in [5.74, 6) is 0. The number of nitrogens with one attached hydrogen (secondary N) is 1. The smallest absolute Gasteiger partial charge is 0.110 e. The zero-order chi connectivity index (χ0) is 13.1. The summed E-state index contributed by atoms with van der Waals surface area (Å²) < 4.78 is 0. The molecule has 1 aliphatic heterocycles. The number of aryl methyl sites for hydroxylation is 2. The topological polar surface area (TPSA) is 28.2 Å². The molecule has 3 nitrogen and oxygen atoms in total. The summed E-state index contributed by atoms with van der Waals surface area (Å²) in [4.78, 5) is 9.23. The van der Waals surface area contributed by atoms with Crippen molar-refractivity contribution >= 4 is 11.3 Å². The van der Waals surface area contributed by atoms with Crippen molar-refractivity contribution in [3.8, 4) is 0 Å². The van der Waals surface area contributed by atoms with Crippen molar-refractivity contribution in [3.05, 3.63) is 15.6 Å². The molecule has 2 heterocycles. The van der Waals surface area contributed by atoms with Gasteiger partial charge >= 0.3 is 0 Å². The fraction of sp³-hybridized carbons (Fsp3) is 0.800. The Morgan fingerprint density at radius 3 is 2.79 bits per heavy atom. The summed E-state index contributed by atoms with van der Waals surface area (Å²) in [5.41, 5.74) is 1.42. The van der Waals surface area contributed by atoms with Gasteiger partial charge in [0.15, 0.2) is 0 Å². The van der Waals surface area contributed by atoms with Crippen LogP contribution >= 0.6 is 11.3 Å². The molecule has 0 aromatic carbocycles. The second kappa shape index (κ2) is 6.33. The van der Waals surface area contributed by atoms with Gasteiger partial charge in [0.25, 0.3) is 0 Å². The molecule has 1 unspecified atom stereocenters. The molecule has 0 bridgehead atoms. The van der Waals surface area contributed by atoms with Gasteiger partial charge < -0.3 is 5.32 Å². The molecule has 106 valence electrons. The van der Waals surface area contributed by atoms with E-state index in [9.17, 15) is 0 Å². The summed E-state index contributed by atoms with van der Waals surface area (Å²) in [6.07, 6.45) is 7.69. The second-order valence-corrected chi connectivity index (χ2v) is 6.83. The molecule has 1 aromatic rings. The van der Waals surface area contributed by atoms with E-state index in [0.717, 1.165) is 13.1 Å². The van der Waals surface area contributed by atoms with Gasteiger partial charge in [0.2, 0.25) is 0 Å². The normalized spacial score (nSPS) is 22.2. The van der Waals surface area contributed by atoms with Crippen molar-refractivity contribution < 1.29 is 0 Å². The fourth-order valence-electron chi connectivity index (χ4n) is 3.24. The highest BCUT2D eigenvalue weighted by molar-refractivity contribution is 7.11. The number of rotatable bonds is 4. The van der Waals surface area contributed by atoms with Crippen LogP contribution in [0.15, 0.2) is 0 Å². The summed E-state index contributed by atoms with van der Waals surface area (Å²) in [6, 6.07) is 0.572. The predicted molar refractivity (Wildman–Crippen MR) is 80.8 cm³/mol. The van der Waals surface area contributed by atoms with Gasteiger partial charge in [-0.1, -0.05) is 13.3 Å². The van der Waals surface area contributed by atoms with E-state index in [1.807, 2.05) is 11.3 Å². The van der Waals surface area contributed by atoms with Gasteiger partial charge in [0, 0.05) is 31.1 Å². The van der Waals surface area contributed by atoms with Crippen molar-refractivity contribution in [1.82, 2.24) is 15.2 Å². The summed E-state index contributed by atoms with van der Waals surface area (Å²) in [7, 11) is 0. The number of hydrogen-bond donors (Lipinski definition) is 1. The van der Waals surface area contributed by atoms with Gasteiger partial charge in [-0.3, -0.25) is 4.90 Å². The molecule has 0 amide bonds. The van der Waals surface area contributed by atoms with E-state index in [4.69, 9.17) is 4.98 Å². The average Bonchev–Trinajstić information content (AvgIpc) is 2.89. The fourth-order valence-corrected chi connectivity index (χ4v) is 4.57. The van der Waals surface area contributed by atoms with Crippen LogP contribution in [0, 0.1) is 0 Å². The Hall–Kier alpha value is -0.450. The lowest BCUT2D eigenvalue weighted by atomic mass is 10.0. The molecular formula is C15H25N3S. The highest BCUT2D eigenvalue weighted by atomic mass is 32.1. The standard InChI is InChI=1S/C15H25N3S/c1-2-5-13(18-10-8-16-9-11-18)15-17-12-6-3-4-7-14(12)19-15/h13,16H,2-11H2,1H3. The molecule has 0 spiro atoms. The van der Waals surface area contributed by atoms with Crippen LogP contribution in [0.5, 0.6) is 0 Å². The molecule has 19 heavy (non-hydrogen) atoms. The van der Waals surface area contributed by atoms with Gasteiger partial charge in [-0.15, -0.1) is 11.3 Å². The molecule has 4 heteroatoms. The van der Waals surface area contributed by atoms with E-state index in [-0.39, 0.29) is 0 Å². The van der Waals surface area contributed by atoms with Gasteiger partial charge in [-0.25, -0.2) is 4.98 Å². The first-order valence-corrected chi connectivity index (χ1v) is 8.63. The largest absolute Gasteiger partial charge is 0.314 e. The minimum atomic E-state index is 0.572. The van der Waals surface area contributed by atoms with Crippen LogP contribution in [-0.4, -0.2) is 36.1 Å². The summed E-state index contributed by atoms with van der Waals surface area (Å²) in [5, 5.41) is 4.85. The zero-order valence-corrected chi connectivity index (χ0v) is 12.8. The minimum absolute atomic E-state index is 0.572. The van der Waals surface area contributed by atoms with Crippen LogP contribution < -0.4 is 5.32 Å². The van der Waals surface area contributed by atoms with E-state index in [1.165, 1.54) is 62.3 Å². The van der Waals surface area contributed by atoms with Crippen LogP contribution in [0.4, 0.5) is 0 Å². The Morgan fingerprint density at radius 1 is 1.26 bits per heavy atom. The lowest BCUT2D eigenvalue weighted by molar-refractivity contribution is 0.164. The van der Waals surface area contributed by atoms with E-state index >= 15 is 0 Å². The number of piperazine rings is 1. The maximum atomic E-state index is 5.00. The quantitative estimate of drug-likeness (QED) is 0.918. The Labute approximate surface area is 120 Å².